The quantitative estimate of drug-likeness (QED) is 0.825. The summed E-state index contributed by atoms with van der Waals surface area (Å²) in [5.74, 6) is 0.781. The molecule has 21 heavy (non-hydrogen) atoms. The Morgan fingerprint density at radius 3 is 2.71 bits per heavy atom. The van der Waals surface area contributed by atoms with Crippen molar-refractivity contribution >= 4 is 5.91 Å². The van der Waals surface area contributed by atoms with Crippen molar-refractivity contribution < 1.29 is 9.53 Å². The maximum absolute atomic E-state index is 11.9. The summed E-state index contributed by atoms with van der Waals surface area (Å²) in [6.07, 6.45) is 0.987. The van der Waals surface area contributed by atoms with Crippen molar-refractivity contribution in [1.82, 2.24) is 5.32 Å². The molecule has 0 aliphatic carbocycles. The lowest BCUT2D eigenvalue weighted by Gasteiger charge is -2.09. The molecule has 0 heterocycles. The monoisotopic (exact) mass is 283 g/mol. The zero-order valence-electron chi connectivity index (χ0n) is 12.6. The van der Waals surface area contributed by atoms with Gasteiger partial charge in [-0.1, -0.05) is 36.8 Å². The van der Waals surface area contributed by atoms with Gasteiger partial charge in [0.15, 0.2) is 0 Å². The lowest BCUT2D eigenvalue weighted by atomic mass is 10.1. The molecule has 1 N–H and O–H groups in total. The van der Waals surface area contributed by atoms with Crippen LogP contribution in [0.5, 0.6) is 5.75 Å². The number of nitrogens with one attached hydrogen (secondary N) is 1. The van der Waals surface area contributed by atoms with Crippen LogP contribution in [0.4, 0.5) is 0 Å². The van der Waals surface area contributed by atoms with Gasteiger partial charge >= 0.3 is 0 Å². The van der Waals surface area contributed by atoms with Crippen LogP contribution in [0.25, 0.3) is 0 Å². The van der Waals surface area contributed by atoms with E-state index in [1.54, 1.807) is 0 Å². The number of hydrogen-bond acceptors (Lipinski definition) is 2. The Balaban J connectivity index is 1.78. The molecule has 3 nitrogen and oxygen atoms in total. The highest BCUT2D eigenvalue weighted by atomic mass is 16.5. The smallest absolute Gasteiger partial charge is 0.251 e. The van der Waals surface area contributed by atoms with E-state index in [2.05, 4.69) is 18.3 Å². The van der Waals surface area contributed by atoms with E-state index in [0.717, 1.165) is 17.7 Å². The van der Waals surface area contributed by atoms with Crippen LogP contribution in [-0.4, -0.2) is 19.1 Å². The Morgan fingerprint density at radius 2 is 1.95 bits per heavy atom. The molecule has 0 aliphatic heterocycles. The third kappa shape index (κ3) is 4.63. The Bertz CT molecular complexity index is 608. The van der Waals surface area contributed by atoms with Crippen LogP contribution in [0.15, 0.2) is 48.5 Å². The summed E-state index contributed by atoms with van der Waals surface area (Å²) in [4.78, 5) is 11.9. The predicted octanol–water partition coefficient (Wildman–Crippen LogP) is 3.37. The summed E-state index contributed by atoms with van der Waals surface area (Å²) in [7, 11) is 0. The molecular weight excluding hydrogens is 262 g/mol. The van der Waals surface area contributed by atoms with Crippen LogP contribution in [0.1, 0.15) is 28.4 Å². The lowest BCUT2D eigenvalue weighted by molar-refractivity contribution is 0.0947. The van der Waals surface area contributed by atoms with Crippen molar-refractivity contribution in [3.05, 3.63) is 65.2 Å². The van der Waals surface area contributed by atoms with Crippen molar-refractivity contribution in [2.24, 2.45) is 0 Å². The van der Waals surface area contributed by atoms with Gasteiger partial charge in [-0.3, -0.25) is 4.79 Å². The summed E-state index contributed by atoms with van der Waals surface area (Å²) in [5, 5.41) is 2.86. The normalized spacial score (nSPS) is 10.2. The van der Waals surface area contributed by atoms with E-state index in [4.69, 9.17) is 4.74 Å². The van der Waals surface area contributed by atoms with Crippen molar-refractivity contribution in [2.75, 3.05) is 13.2 Å². The second kappa shape index (κ2) is 7.48. The Hall–Kier alpha value is -2.29. The van der Waals surface area contributed by atoms with Crippen molar-refractivity contribution in [2.45, 2.75) is 20.3 Å². The van der Waals surface area contributed by atoms with Gasteiger partial charge in [-0.2, -0.15) is 0 Å². The standard InChI is InChI=1S/C18H21NO2/c1-3-15-7-5-9-17(13-15)21-11-10-19-18(20)16-8-4-6-14(2)12-16/h4-9,12-13H,3,10-11H2,1-2H3,(H,19,20). The second-order valence-electron chi connectivity index (χ2n) is 4.97. The zero-order valence-corrected chi connectivity index (χ0v) is 12.6. The Labute approximate surface area is 126 Å². The first-order chi connectivity index (χ1) is 10.2. The summed E-state index contributed by atoms with van der Waals surface area (Å²) < 4.78 is 5.64. The molecule has 1 amide bonds. The molecule has 110 valence electrons. The van der Waals surface area contributed by atoms with Gasteiger partial charge in [-0.05, 0) is 43.2 Å². The Morgan fingerprint density at radius 1 is 1.14 bits per heavy atom. The molecule has 2 aromatic carbocycles. The minimum Gasteiger partial charge on any atom is -0.492 e. The molecule has 0 aromatic heterocycles. The van der Waals surface area contributed by atoms with Crippen LogP contribution in [0.2, 0.25) is 0 Å². The average Bonchev–Trinajstić information content (AvgIpc) is 2.51. The fraction of sp³-hybridized carbons (Fsp3) is 0.278. The van der Waals surface area contributed by atoms with Crippen molar-refractivity contribution in [3.8, 4) is 5.75 Å². The summed E-state index contributed by atoms with van der Waals surface area (Å²) >= 11 is 0. The summed E-state index contributed by atoms with van der Waals surface area (Å²) in [6.45, 7) is 5.04. The SMILES string of the molecule is CCc1cccc(OCCNC(=O)c2cccc(C)c2)c1. The van der Waals surface area contributed by atoms with E-state index in [-0.39, 0.29) is 5.91 Å². The maximum atomic E-state index is 11.9. The second-order valence-corrected chi connectivity index (χ2v) is 4.97. The third-order valence-corrected chi connectivity index (χ3v) is 3.24. The van der Waals surface area contributed by atoms with E-state index in [1.165, 1.54) is 5.56 Å². The van der Waals surface area contributed by atoms with Crippen molar-refractivity contribution in [3.63, 3.8) is 0 Å². The number of hydrogen-bond donors (Lipinski definition) is 1. The first-order valence-corrected chi connectivity index (χ1v) is 7.25. The fourth-order valence-electron chi connectivity index (χ4n) is 2.08. The van der Waals surface area contributed by atoms with Gasteiger partial charge in [-0.25, -0.2) is 0 Å². The molecular formula is C18H21NO2. The molecule has 0 bridgehead atoms. The van der Waals surface area contributed by atoms with Gasteiger partial charge in [0.1, 0.15) is 12.4 Å². The number of ether oxygens (including phenoxy) is 1. The number of carbonyl (C=O) groups is 1. The van der Waals surface area contributed by atoms with Gasteiger partial charge in [0.05, 0.1) is 6.54 Å². The van der Waals surface area contributed by atoms with Gasteiger partial charge in [0.2, 0.25) is 0 Å². The van der Waals surface area contributed by atoms with Gasteiger partial charge in [-0.15, -0.1) is 0 Å². The molecule has 2 rings (SSSR count). The molecule has 2 aromatic rings. The van der Waals surface area contributed by atoms with E-state index < -0.39 is 0 Å². The first kappa shape index (κ1) is 15.1. The minimum atomic E-state index is -0.0652. The predicted molar refractivity (Wildman–Crippen MR) is 84.8 cm³/mol. The molecule has 0 fully saturated rings. The largest absolute Gasteiger partial charge is 0.492 e. The summed E-state index contributed by atoms with van der Waals surface area (Å²) in [5.41, 5.74) is 3.01. The molecule has 0 saturated carbocycles. The molecule has 0 unspecified atom stereocenters. The van der Waals surface area contributed by atoms with Crippen LogP contribution in [0.3, 0.4) is 0 Å². The number of rotatable bonds is 6. The van der Waals surface area contributed by atoms with Gasteiger partial charge in [0.25, 0.3) is 5.91 Å². The van der Waals surface area contributed by atoms with Crippen LogP contribution >= 0.6 is 0 Å². The summed E-state index contributed by atoms with van der Waals surface area (Å²) in [6, 6.07) is 15.6. The molecule has 0 spiro atoms. The molecule has 0 atom stereocenters. The average molecular weight is 283 g/mol. The number of carbonyl (C=O) groups excluding carboxylic acids is 1. The van der Waals surface area contributed by atoms with Crippen LogP contribution in [0, 0.1) is 6.92 Å². The molecule has 0 saturated heterocycles. The first-order valence-electron chi connectivity index (χ1n) is 7.25. The number of amides is 1. The minimum absolute atomic E-state index is 0.0652. The molecule has 0 radical (unpaired) electrons. The Kier molecular flexibility index (Phi) is 5.38. The third-order valence-electron chi connectivity index (χ3n) is 3.24. The van der Waals surface area contributed by atoms with E-state index in [9.17, 15) is 4.79 Å². The maximum Gasteiger partial charge on any atom is 0.251 e. The molecule has 0 aliphatic rings. The van der Waals surface area contributed by atoms with E-state index in [1.807, 2.05) is 49.4 Å². The van der Waals surface area contributed by atoms with E-state index >= 15 is 0 Å². The zero-order chi connectivity index (χ0) is 15.1. The fourth-order valence-corrected chi connectivity index (χ4v) is 2.08. The highest BCUT2D eigenvalue weighted by Crippen LogP contribution is 2.13. The highest BCUT2D eigenvalue weighted by molar-refractivity contribution is 5.94. The van der Waals surface area contributed by atoms with Gasteiger partial charge < -0.3 is 10.1 Å². The molecule has 3 heteroatoms. The number of benzene rings is 2. The van der Waals surface area contributed by atoms with E-state index in [0.29, 0.717) is 18.7 Å². The van der Waals surface area contributed by atoms with Crippen LogP contribution < -0.4 is 10.1 Å². The number of aryl methyl sites for hydroxylation is 2. The van der Waals surface area contributed by atoms with Crippen molar-refractivity contribution in [1.29, 1.82) is 0 Å². The van der Waals surface area contributed by atoms with Gasteiger partial charge in [0, 0.05) is 5.56 Å². The lowest BCUT2D eigenvalue weighted by Crippen LogP contribution is -2.28. The van der Waals surface area contributed by atoms with Crippen LogP contribution in [-0.2, 0) is 6.42 Å². The topological polar surface area (TPSA) is 38.3 Å². The highest BCUT2D eigenvalue weighted by Gasteiger charge is 2.04.